The highest BCUT2D eigenvalue weighted by atomic mass is 32.1. The molecule has 19 heavy (non-hydrogen) atoms. The Morgan fingerprint density at radius 1 is 1.11 bits per heavy atom. The smallest absolute Gasteiger partial charge is 0.126 e. The Kier molecular flexibility index (Phi) is 4.48. The second kappa shape index (κ2) is 6.11. The number of ether oxygens (including phenoxy) is 1. The van der Waals surface area contributed by atoms with Crippen molar-refractivity contribution in [2.24, 2.45) is 0 Å². The monoisotopic (exact) mass is 275 g/mol. The molecule has 1 aromatic carbocycles. The van der Waals surface area contributed by atoms with Gasteiger partial charge in [-0.1, -0.05) is 13.0 Å². The standard InChI is InChI=1S/C16H21NOS/c1-5-13-7-8-14(19-13)10-17-15-9-6-11(2)16(18-4)12(15)3/h6-9,17H,5,10H2,1-4H3. The van der Waals surface area contributed by atoms with Crippen LogP contribution in [0.25, 0.3) is 0 Å². The van der Waals surface area contributed by atoms with Crippen LogP contribution in [0.15, 0.2) is 24.3 Å². The first kappa shape index (κ1) is 13.9. The lowest BCUT2D eigenvalue weighted by atomic mass is 10.1. The Balaban J connectivity index is 2.11. The minimum atomic E-state index is 0.873. The van der Waals surface area contributed by atoms with Crippen molar-refractivity contribution < 1.29 is 4.74 Å². The van der Waals surface area contributed by atoms with E-state index in [1.54, 1.807) is 7.11 Å². The maximum atomic E-state index is 5.45. The molecule has 0 aliphatic carbocycles. The second-order valence-corrected chi connectivity index (χ2v) is 5.92. The van der Waals surface area contributed by atoms with Gasteiger partial charge in [-0.2, -0.15) is 0 Å². The summed E-state index contributed by atoms with van der Waals surface area (Å²) in [4.78, 5) is 2.81. The highest BCUT2D eigenvalue weighted by Gasteiger charge is 2.07. The molecule has 0 amide bonds. The number of hydrogen-bond acceptors (Lipinski definition) is 3. The number of rotatable bonds is 5. The first-order chi connectivity index (χ1) is 9.15. The van der Waals surface area contributed by atoms with Gasteiger partial charge in [-0.25, -0.2) is 0 Å². The molecule has 0 aliphatic rings. The molecule has 1 aromatic heterocycles. The van der Waals surface area contributed by atoms with Gasteiger partial charge in [0, 0.05) is 27.5 Å². The Bertz CT molecular complexity index is 560. The topological polar surface area (TPSA) is 21.3 Å². The number of thiophene rings is 1. The second-order valence-electron chi connectivity index (χ2n) is 4.66. The molecule has 1 N–H and O–H groups in total. The highest BCUT2D eigenvalue weighted by Crippen LogP contribution is 2.29. The number of benzene rings is 1. The third-order valence-electron chi connectivity index (χ3n) is 3.33. The van der Waals surface area contributed by atoms with Crippen molar-refractivity contribution >= 4 is 17.0 Å². The van der Waals surface area contributed by atoms with Gasteiger partial charge in [-0.05, 0) is 44.0 Å². The maximum absolute atomic E-state index is 5.45. The van der Waals surface area contributed by atoms with Crippen molar-refractivity contribution in [2.45, 2.75) is 33.7 Å². The predicted octanol–water partition coefficient (Wildman–Crippen LogP) is 4.55. The molecule has 2 nitrogen and oxygen atoms in total. The zero-order valence-corrected chi connectivity index (χ0v) is 12.9. The van der Waals surface area contributed by atoms with E-state index in [1.807, 2.05) is 11.3 Å². The molecule has 2 aromatic rings. The van der Waals surface area contributed by atoms with Crippen LogP contribution in [0.3, 0.4) is 0 Å². The summed E-state index contributed by atoms with van der Waals surface area (Å²) < 4.78 is 5.45. The van der Waals surface area contributed by atoms with E-state index in [0.717, 1.165) is 24.4 Å². The molecular weight excluding hydrogens is 254 g/mol. The van der Waals surface area contributed by atoms with Crippen LogP contribution in [-0.2, 0) is 13.0 Å². The summed E-state index contributed by atoms with van der Waals surface area (Å²) in [6, 6.07) is 8.64. The summed E-state index contributed by atoms with van der Waals surface area (Å²) in [5.74, 6) is 0.977. The Labute approximate surface area is 119 Å². The van der Waals surface area contributed by atoms with Crippen molar-refractivity contribution in [2.75, 3.05) is 12.4 Å². The van der Waals surface area contributed by atoms with E-state index in [-0.39, 0.29) is 0 Å². The largest absolute Gasteiger partial charge is 0.496 e. The van der Waals surface area contributed by atoms with E-state index < -0.39 is 0 Å². The van der Waals surface area contributed by atoms with Crippen LogP contribution in [-0.4, -0.2) is 7.11 Å². The Hall–Kier alpha value is -1.48. The van der Waals surface area contributed by atoms with Gasteiger partial charge in [-0.3, -0.25) is 0 Å². The summed E-state index contributed by atoms with van der Waals surface area (Å²) in [6.07, 6.45) is 1.11. The fourth-order valence-electron chi connectivity index (χ4n) is 2.22. The van der Waals surface area contributed by atoms with Crippen molar-refractivity contribution in [1.82, 2.24) is 0 Å². The van der Waals surface area contributed by atoms with Crippen LogP contribution < -0.4 is 10.1 Å². The molecule has 0 radical (unpaired) electrons. The zero-order valence-electron chi connectivity index (χ0n) is 12.0. The van der Waals surface area contributed by atoms with Crippen LogP contribution >= 0.6 is 11.3 Å². The van der Waals surface area contributed by atoms with Gasteiger partial charge in [-0.15, -0.1) is 11.3 Å². The van der Waals surface area contributed by atoms with Crippen molar-refractivity contribution in [3.05, 3.63) is 45.1 Å². The first-order valence-corrected chi connectivity index (χ1v) is 7.43. The average Bonchev–Trinajstić information content (AvgIpc) is 2.86. The summed E-state index contributed by atoms with van der Waals surface area (Å²) in [5.41, 5.74) is 3.50. The van der Waals surface area contributed by atoms with Crippen LogP contribution in [0.5, 0.6) is 5.75 Å². The molecule has 0 atom stereocenters. The van der Waals surface area contributed by atoms with Crippen LogP contribution in [0.2, 0.25) is 0 Å². The van der Waals surface area contributed by atoms with Crippen molar-refractivity contribution in [1.29, 1.82) is 0 Å². The number of anilines is 1. The van der Waals surface area contributed by atoms with E-state index >= 15 is 0 Å². The normalized spacial score (nSPS) is 10.5. The van der Waals surface area contributed by atoms with Gasteiger partial charge in [0.2, 0.25) is 0 Å². The first-order valence-electron chi connectivity index (χ1n) is 6.61. The average molecular weight is 275 g/mol. The lowest BCUT2D eigenvalue weighted by Gasteiger charge is -2.14. The number of aryl methyl sites for hydroxylation is 2. The van der Waals surface area contributed by atoms with Crippen molar-refractivity contribution in [3.63, 3.8) is 0 Å². The Morgan fingerprint density at radius 3 is 2.47 bits per heavy atom. The molecule has 0 unspecified atom stereocenters. The number of methoxy groups -OCH3 is 1. The fourth-order valence-corrected chi connectivity index (χ4v) is 3.12. The SMILES string of the molecule is CCc1ccc(CNc2ccc(C)c(OC)c2C)s1. The minimum absolute atomic E-state index is 0.873. The summed E-state index contributed by atoms with van der Waals surface area (Å²) in [7, 11) is 1.73. The molecule has 0 aliphatic heterocycles. The molecular formula is C16H21NOS. The maximum Gasteiger partial charge on any atom is 0.126 e. The lowest BCUT2D eigenvalue weighted by Crippen LogP contribution is -2.01. The summed E-state index contributed by atoms with van der Waals surface area (Å²) in [6.45, 7) is 7.23. The summed E-state index contributed by atoms with van der Waals surface area (Å²) >= 11 is 1.88. The van der Waals surface area contributed by atoms with E-state index in [0.29, 0.717) is 0 Å². The van der Waals surface area contributed by atoms with Crippen LogP contribution in [0, 0.1) is 13.8 Å². The fraction of sp³-hybridized carbons (Fsp3) is 0.375. The highest BCUT2D eigenvalue weighted by molar-refractivity contribution is 7.12. The Morgan fingerprint density at radius 2 is 1.84 bits per heavy atom. The molecule has 0 saturated carbocycles. The number of nitrogens with one attached hydrogen (secondary N) is 1. The molecule has 0 spiro atoms. The third kappa shape index (κ3) is 3.10. The van der Waals surface area contributed by atoms with Gasteiger partial charge < -0.3 is 10.1 Å². The van der Waals surface area contributed by atoms with Gasteiger partial charge in [0.15, 0.2) is 0 Å². The van der Waals surface area contributed by atoms with E-state index in [2.05, 4.69) is 50.4 Å². The molecule has 1 heterocycles. The van der Waals surface area contributed by atoms with Crippen molar-refractivity contribution in [3.8, 4) is 5.75 Å². The van der Waals surface area contributed by atoms with Crippen LogP contribution in [0.1, 0.15) is 27.8 Å². The van der Waals surface area contributed by atoms with E-state index in [1.165, 1.54) is 20.9 Å². The third-order valence-corrected chi connectivity index (χ3v) is 4.56. The number of hydrogen-bond donors (Lipinski definition) is 1. The predicted molar refractivity (Wildman–Crippen MR) is 83.5 cm³/mol. The van der Waals surface area contributed by atoms with Gasteiger partial charge in [0.1, 0.15) is 5.75 Å². The molecule has 3 heteroatoms. The lowest BCUT2D eigenvalue weighted by molar-refractivity contribution is 0.409. The van der Waals surface area contributed by atoms with Gasteiger partial charge >= 0.3 is 0 Å². The molecule has 0 bridgehead atoms. The molecule has 0 saturated heterocycles. The molecule has 2 rings (SSSR count). The minimum Gasteiger partial charge on any atom is -0.496 e. The molecule has 0 fully saturated rings. The summed E-state index contributed by atoms with van der Waals surface area (Å²) in [5, 5.41) is 3.50. The zero-order chi connectivity index (χ0) is 13.8. The van der Waals surface area contributed by atoms with Gasteiger partial charge in [0.25, 0.3) is 0 Å². The van der Waals surface area contributed by atoms with E-state index in [9.17, 15) is 0 Å². The van der Waals surface area contributed by atoms with E-state index in [4.69, 9.17) is 4.74 Å². The van der Waals surface area contributed by atoms with Crippen LogP contribution in [0.4, 0.5) is 5.69 Å². The quantitative estimate of drug-likeness (QED) is 0.864. The van der Waals surface area contributed by atoms with Gasteiger partial charge in [0.05, 0.1) is 7.11 Å². The molecule has 102 valence electrons.